The van der Waals surface area contributed by atoms with E-state index in [2.05, 4.69) is 20.6 Å². The van der Waals surface area contributed by atoms with Crippen molar-refractivity contribution in [3.63, 3.8) is 0 Å². The fourth-order valence-corrected chi connectivity index (χ4v) is 3.68. The molecule has 0 spiro atoms. The van der Waals surface area contributed by atoms with Gasteiger partial charge in [-0.05, 0) is 44.0 Å². The molecular weight excluding hydrogens is 374 g/mol. The van der Waals surface area contributed by atoms with Crippen molar-refractivity contribution in [2.45, 2.75) is 31.7 Å². The molecule has 1 amide bonds. The quantitative estimate of drug-likeness (QED) is 0.677. The van der Waals surface area contributed by atoms with Crippen LogP contribution in [0.15, 0.2) is 36.5 Å². The summed E-state index contributed by atoms with van der Waals surface area (Å²) in [5.41, 5.74) is 1.53. The number of nitrogens with one attached hydrogen (secondary N) is 1. The number of nitrogens with zero attached hydrogens (tertiary/aromatic N) is 4. The van der Waals surface area contributed by atoms with Crippen molar-refractivity contribution in [1.82, 2.24) is 25.3 Å². The molecule has 1 aromatic carbocycles. The highest BCUT2D eigenvalue weighted by atomic mass is 16.5. The molecular formula is C20H21N5O4. The number of amides is 1. The van der Waals surface area contributed by atoms with Gasteiger partial charge in [-0.1, -0.05) is 11.3 Å². The molecule has 4 rings (SSSR count). The third-order valence-corrected chi connectivity index (χ3v) is 5.26. The van der Waals surface area contributed by atoms with Crippen LogP contribution >= 0.6 is 0 Å². The zero-order valence-electron chi connectivity index (χ0n) is 16.0. The highest BCUT2D eigenvalue weighted by molar-refractivity contribution is 5.94. The van der Waals surface area contributed by atoms with Crippen molar-refractivity contribution >= 4 is 22.8 Å². The van der Waals surface area contributed by atoms with Crippen molar-refractivity contribution in [3.8, 4) is 5.69 Å². The van der Waals surface area contributed by atoms with Gasteiger partial charge in [-0.3, -0.25) is 14.6 Å². The van der Waals surface area contributed by atoms with Gasteiger partial charge in [0.05, 0.1) is 28.9 Å². The molecule has 150 valence electrons. The molecule has 1 saturated heterocycles. The third kappa shape index (κ3) is 3.81. The number of hydrogen-bond donors (Lipinski definition) is 2. The Hall–Kier alpha value is -3.33. The number of aromatic nitrogens is 4. The number of aliphatic carboxylic acids is 1. The first-order valence-electron chi connectivity index (χ1n) is 9.37. The summed E-state index contributed by atoms with van der Waals surface area (Å²) >= 11 is 0. The number of hydrogen-bond acceptors (Lipinski definition) is 6. The van der Waals surface area contributed by atoms with Crippen molar-refractivity contribution in [1.29, 1.82) is 0 Å². The van der Waals surface area contributed by atoms with Crippen LogP contribution in [0.25, 0.3) is 16.6 Å². The van der Waals surface area contributed by atoms with Gasteiger partial charge in [-0.15, -0.1) is 5.10 Å². The fraction of sp³-hybridized carbons (Fsp3) is 0.350. The lowest BCUT2D eigenvalue weighted by Crippen LogP contribution is -2.53. The first-order valence-corrected chi connectivity index (χ1v) is 9.37. The Balaban J connectivity index is 1.61. The van der Waals surface area contributed by atoms with Gasteiger partial charge in [0.15, 0.2) is 5.69 Å². The molecule has 0 atom stereocenters. The number of carboxylic acid groups (broad SMARTS) is 1. The molecule has 0 unspecified atom stereocenters. The second-order valence-electron chi connectivity index (χ2n) is 7.23. The van der Waals surface area contributed by atoms with Gasteiger partial charge < -0.3 is 15.2 Å². The normalized spacial score (nSPS) is 15.9. The second kappa shape index (κ2) is 7.59. The fourth-order valence-electron chi connectivity index (χ4n) is 3.68. The van der Waals surface area contributed by atoms with Crippen LogP contribution in [-0.4, -0.2) is 55.7 Å². The number of benzene rings is 1. The standard InChI is InChI=1S/C20H21N5O4/c1-13-18(19(28)22-20(12-17(26)27)6-9-29-10-7-20)23-24-25(13)15-4-5-16-14(11-15)3-2-8-21-16/h2-5,8,11H,6-7,9-10,12H2,1H3,(H,22,28)(H,26,27). The summed E-state index contributed by atoms with van der Waals surface area (Å²) in [6.07, 6.45) is 2.45. The SMILES string of the molecule is Cc1c(C(=O)NC2(CC(=O)O)CCOCC2)nnn1-c1ccc2ncccc2c1. The highest BCUT2D eigenvalue weighted by Gasteiger charge is 2.37. The van der Waals surface area contributed by atoms with E-state index < -0.39 is 17.4 Å². The number of ether oxygens (including phenoxy) is 1. The zero-order valence-corrected chi connectivity index (χ0v) is 16.0. The Kier molecular flexibility index (Phi) is 4.98. The second-order valence-corrected chi connectivity index (χ2v) is 7.23. The van der Waals surface area contributed by atoms with Crippen LogP contribution in [0.4, 0.5) is 0 Å². The number of carbonyl (C=O) groups excluding carboxylic acids is 1. The van der Waals surface area contributed by atoms with E-state index in [1.807, 2.05) is 30.3 Å². The summed E-state index contributed by atoms with van der Waals surface area (Å²) in [6, 6.07) is 9.48. The number of carboxylic acids is 1. The molecule has 0 aliphatic carbocycles. The van der Waals surface area contributed by atoms with Gasteiger partial charge in [0.25, 0.3) is 5.91 Å². The number of fused-ring (bicyclic) bond motifs is 1. The first kappa shape index (κ1) is 19.0. The number of rotatable bonds is 5. The average molecular weight is 395 g/mol. The molecule has 1 aliphatic rings. The van der Waals surface area contributed by atoms with Crippen LogP contribution in [0, 0.1) is 6.92 Å². The van der Waals surface area contributed by atoms with Gasteiger partial charge in [0.2, 0.25) is 0 Å². The zero-order chi connectivity index (χ0) is 20.4. The molecule has 29 heavy (non-hydrogen) atoms. The Labute approximate surface area is 166 Å². The molecule has 0 bridgehead atoms. The maximum atomic E-state index is 12.9. The maximum absolute atomic E-state index is 12.9. The van der Waals surface area contributed by atoms with Gasteiger partial charge in [0, 0.05) is 24.8 Å². The van der Waals surface area contributed by atoms with Crippen molar-refractivity contribution in [2.75, 3.05) is 13.2 Å². The minimum Gasteiger partial charge on any atom is -0.481 e. The van der Waals surface area contributed by atoms with Crippen LogP contribution in [0.1, 0.15) is 35.4 Å². The Morgan fingerprint density at radius 3 is 2.83 bits per heavy atom. The van der Waals surface area contributed by atoms with E-state index in [-0.39, 0.29) is 12.1 Å². The van der Waals surface area contributed by atoms with E-state index >= 15 is 0 Å². The maximum Gasteiger partial charge on any atom is 0.305 e. The van der Waals surface area contributed by atoms with E-state index in [0.29, 0.717) is 31.7 Å². The molecule has 3 aromatic rings. The predicted molar refractivity (Wildman–Crippen MR) is 104 cm³/mol. The monoisotopic (exact) mass is 395 g/mol. The lowest BCUT2D eigenvalue weighted by atomic mass is 9.86. The minimum atomic E-state index is -0.961. The number of carbonyl (C=O) groups is 2. The third-order valence-electron chi connectivity index (χ3n) is 5.26. The average Bonchev–Trinajstić information content (AvgIpc) is 3.09. The van der Waals surface area contributed by atoms with Gasteiger partial charge in [-0.25, -0.2) is 4.68 Å². The summed E-state index contributed by atoms with van der Waals surface area (Å²) in [5, 5.41) is 21.3. The smallest absolute Gasteiger partial charge is 0.305 e. The van der Waals surface area contributed by atoms with Crippen molar-refractivity contribution < 1.29 is 19.4 Å². The van der Waals surface area contributed by atoms with Crippen LogP contribution in [0.2, 0.25) is 0 Å². The van der Waals surface area contributed by atoms with E-state index in [0.717, 1.165) is 16.6 Å². The van der Waals surface area contributed by atoms with Crippen LogP contribution in [0.5, 0.6) is 0 Å². The molecule has 9 heteroatoms. The summed E-state index contributed by atoms with van der Waals surface area (Å²) in [7, 11) is 0. The summed E-state index contributed by atoms with van der Waals surface area (Å²) in [5.74, 6) is -1.39. The molecule has 0 radical (unpaired) electrons. The van der Waals surface area contributed by atoms with Gasteiger partial charge >= 0.3 is 5.97 Å². The van der Waals surface area contributed by atoms with E-state index in [4.69, 9.17) is 4.74 Å². The summed E-state index contributed by atoms with van der Waals surface area (Å²) in [6.45, 7) is 2.57. The molecule has 0 saturated carbocycles. The summed E-state index contributed by atoms with van der Waals surface area (Å²) < 4.78 is 6.93. The van der Waals surface area contributed by atoms with Gasteiger partial charge in [0.1, 0.15) is 0 Å². The molecule has 3 heterocycles. The minimum absolute atomic E-state index is 0.160. The van der Waals surface area contributed by atoms with Crippen LogP contribution in [0.3, 0.4) is 0 Å². The van der Waals surface area contributed by atoms with Gasteiger partial charge in [-0.2, -0.15) is 0 Å². The molecule has 1 fully saturated rings. The van der Waals surface area contributed by atoms with E-state index in [1.165, 1.54) is 0 Å². The summed E-state index contributed by atoms with van der Waals surface area (Å²) in [4.78, 5) is 28.5. The highest BCUT2D eigenvalue weighted by Crippen LogP contribution is 2.26. The Morgan fingerprint density at radius 2 is 2.07 bits per heavy atom. The lowest BCUT2D eigenvalue weighted by molar-refractivity contribution is -0.139. The topological polar surface area (TPSA) is 119 Å². The largest absolute Gasteiger partial charge is 0.481 e. The molecule has 2 N–H and O–H groups in total. The Morgan fingerprint density at radius 1 is 1.28 bits per heavy atom. The van der Waals surface area contributed by atoms with Crippen molar-refractivity contribution in [3.05, 3.63) is 47.9 Å². The first-order chi connectivity index (χ1) is 14.0. The van der Waals surface area contributed by atoms with Crippen molar-refractivity contribution in [2.24, 2.45) is 0 Å². The van der Waals surface area contributed by atoms with Crippen LogP contribution in [-0.2, 0) is 9.53 Å². The molecule has 1 aliphatic heterocycles. The molecule has 2 aromatic heterocycles. The lowest BCUT2D eigenvalue weighted by Gasteiger charge is -2.36. The number of pyridine rings is 1. The van der Waals surface area contributed by atoms with Crippen LogP contribution < -0.4 is 5.32 Å². The predicted octanol–water partition coefficient (Wildman–Crippen LogP) is 1.88. The molecule has 9 nitrogen and oxygen atoms in total. The Bertz CT molecular complexity index is 1070. The van der Waals surface area contributed by atoms with E-state index in [9.17, 15) is 14.7 Å². The van der Waals surface area contributed by atoms with E-state index in [1.54, 1.807) is 17.8 Å².